The van der Waals surface area contributed by atoms with Gasteiger partial charge in [-0.05, 0) is 54.8 Å². The van der Waals surface area contributed by atoms with Gasteiger partial charge in [-0.3, -0.25) is 10.2 Å². The number of hydrogen-bond acceptors (Lipinski definition) is 4. The number of benzene rings is 2. The number of fused-ring (bicyclic) bond motifs is 1. The molecule has 162 valence electrons. The minimum atomic E-state index is -0.118. The fourth-order valence-electron chi connectivity index (χ4n) is 3.78. The van der Waals surface area contributed by atoms with Gasteiger partial charge < -0.3 is 20.8 Å². The number of rotatable bonds is 7. The number of aromatic amines is 1. The van der Waals surface area contributed by atoms with Gasteiger partial charge in [0.15, 0.2) is 0 Å². The molecule has 2 aromatic heterocycles. The predicted octanol–water partition coefficient (Wildman–Crippen LogP) is 3.80. The molecule has 0 saturated carbocycles. The van der Waals surface area contributed by atoms with Gasteiger partial charge >= 0.3 is 0 Å². The first kappa shape index (κ1) is 21.1. The number of aryl methyl sites for hydroxylation is 1. The van der Waals surface area contributed by atoms with Gasteiger partial charge in [-0.1, -0.05) is 18.2 Å². The Kier molecular flexibility index (Phi) is 5.89. The number of amidine groups is 1. The molecule has 7 heteroatoms. The SMILES string of the molecule is COc1ccc(-c2ccc(C(=O)NCCc3ccc4[nH]c(C)c(C(=N)N)c4c3)cc2)cn1. The summed E-state index contributed by atoms with van der Waals surface area (Å²) in [5.41, 5.74) is 11.9. The van der Waals surface area contributed by atoms with E-state index in [1.54, 1.807) is 19.4 Å². The first-order chi connectivity index (χ1) is 15.5. The molecule has 0 aliphatic rings. The average molecular weight is 428 g/mol. The molecular weight excluding hydrogens is 402 g/mol. The van der Waals surface area contributed by atoms with E-state index >= 15 is 0 Å². The largest absolute Gasteiger partial charge is 0.481 e. The molecule has 4 rings (SSSR count). The van der Waals surface area contributed by atoms with Crippen LogP contribution in [0.2, 0.25) is 0 Å². The summed E-state index contributed by atoms with van der Waals surface area (Å²) in [6.07, 6.45) is 2.42. The minimum Gasteiger partial charge on any atom is -0.481 e. The van der Waals surface area contributed by atoms with E-state index in [0.29, 0.717) is 24.4 Å². The molecule has 0 spiro atoms. The quantitative estimate of drug-likeness (QED) is 0.265. The van der Waals surface area contributed by atoms with E-state index < -0.39 is 0 Å². The molecule has 0 radical (unpaired) electrons. The van der Waals surface area contributed by atoms with Gasteiger partial charge in [-0.2, -0.15) is 0 Å². The predicted molar refractivity (Wildman–Crippen MR) is 126 cm³/mol. The van der Waals surface area contributed by atoms with Gasteiger partial charge in [0.05, 0.1) is 7.11 Å². The van der Waals surface area contributed by atoms with Crippen molar-refractivity contribution in [3.05, 3.63) is 83.2 Å². The number of nitrogens with two attached hydrogens (primary N) is 1. The number of aromatic nitrogens is 2. The van der Waals surface area contributed by atoms with Crippen molar-refractivity contribution < 1.29 is 9.53 Å². The van der Waals surface area contributed by atoms with Crippen LogP contribution in [-0.2, 0) is 6.42 Å². The van der Waals surface area contributed by atoms with E-state index in [1.807, 2.05) is 55.5 Å². The zero-order valence-electron chi connectivity index (χ0n) is 18.0. The molecule has 0 saturated heterocycles. The topological polar surface area (TPSA) is 117 Å². The second-order valence-corrected chi connectivity index (χ2v) is 7.59. The van der Waals surface area contributed by atoms with Gasteiger partial charge in [-0.15, -0.1) is 0 Å². The number of methoxy groups -OCH3 is 1. The van der Waals surface area contributed by atoms with Crippen LogP contribution in [0.5, 0.6) is 5.88 Å². The first-order valence-corrected chi connectivity index (χ1v) is 10.3. The molecule has 0 fully saturated rings. The van der Waals surface area contributed by atoms with Crippen molar-refractivity contribution in [1.82, 2.24) is 15.3 Å². The van der Waals surface area contributed by atoms with Crippen LogP contribution in [-0.4, -0.2) is 35.4 Å². The van der Waals surface area contributed by atoms with Crippen molar-refractivity contribution >= 4 is 22.6 Å². The molecule has 0 atom stereocenters. The number of ether oxygens (including phenoxy) is 1. The summed E-state index contributed by atoms with van der Waals surface area (Å²) in [7, 11) is 1.58. The van der Waals surface area contributed by atoms with Crippen LogP contribution in [0.1, 0.15) is 27.2 Å². The summed E-state index contributed by atoms with van der Waals surface area (Å²) < 4.78 is 5.08. The molecule has 32 heavy (non-hydrogen) atoms. The highest BCUT2D eigenvalue weighted by molar-refractivity contribution is 6.08. The maximum Gasteiger partial charge on any atom is 0.251 e. The van der Waals surface area contributed by atoms with E-state index in [-0.39, 0.29) is 11.7 Å². The number of pyridine rings is 1. The van der Waals surface area contributed by atoms with Gasteiger partial charge in [0, 0.05) is 52.1 Å². The molecule has 5 N–H and O–H groups in total. The second kappa shape index (κ2) is 8.93. The van der Waals surface area contributed by atoms with Crippen molar-refractivity contribution in [3.63, 3.8) is 0 Å². The third-order valence-corrected chi connectivity index (χ3v) is 5.44. The Hall–Kier alpha value is -4.13. The van der Waals surface area contributed by atoms with Crippen LogP contribution in [0.25, 0.3) is 22.0 Å². The first-order valence-electron chi connectivity index (χ1n) is 10.3. The van der Waals surface area contributed by atoms with Crippen LogP contribution in [0, 0.1) is 12.3 Å². The van der Waals surface area contributed by atoms with E-state index in [0.717, 1.165) is 38.9 Å². The Morgan fingerprint density at radius 1 is 1.12 bits per heavy atom. The van der Waals surface area contributed by atoms with Crippen molar-refractivity contribution in [2.45, 2.75) is 13.3 Å². The van der Waals surface area contributed by atoms with Crippen LogP contribution < -0.4 is 15.8 Å². The fraction of sp³-hybridized carbons (Fsp3) is 0.160. The normalized spacial score (nSPS) is 10.8. The summed E-state index contributed by atoms with van der Waals surface area (Å²) in [6.45, 7) is 2.42. The van der Waals surface area contributed by atoms with Crippen LogP contribution in [0.3, 0.4) is 0 Å². The Morgan fingerprint density at radius 3 is 2.53 bits per heavy atom. The summed E-state index contributed by atoms with van der Waals surface area (Å²) >= 11 is 0. The lowest BCUT2D eigenvalue weighted by atomic mass is 10.0. The number of nitrogens with zero attached hydrogens (tertiary/aromatic N) is 1. The number of amides is 1. The Morgan fingerprint density at radius 2 is 1.88 bits per heavy atom. The minimum absolute atomic E-state index is 0.0491. The lowest BCUT2D eigenvalue weighted by Gasteiger charge is -2.08. The average Bonchev–Trinajstić information content (AvgIpc) is 3.14. The number of carbonyl (C=O) groups is 1. The maximum atomic E-state index is 12.5. The molecule has 2 aromatic carbocycles. The molecule has 0 aliphatic carbocycles. The van der Waals surface area contributed by atoms with E-state index in [1.165, 1.54) is 0 Å². The van der Waals surface area contributed by atoms with Crippen molar-refractivity contribution in [2.24, 2.45) is 5.73 Å². The highest BCUT2D eigenvalue weighted by Gasteiger charge is 2.12. The zero-order chi connectivity index (χ0) is 22.7. The van der Waals surface area contributed by atoms with Crippen LogP contribution >= 0.6 is 0 Å². The standard InChI is InChI=1S/C25H25N5O2/c1-15-23(24(26)27)20-13-16(3-9-21(20)30-15)11-12-28-25(31)18-6-4-17(5-7-18)19-8-10-22(32-2)29-14-19/h3-10,13-14,30H,11-12H2,1-2H3,(H3,26,27)(H,28,31). The molecule has 0 unspecified atom stereocenters. The molecule has 1 amide bonds. The van der Waals surface area contributed by atoms with Gasteiger partial charge in [0.1, 0.15) is 5.84 Å². The summed E-state index contributed by atoms with van der Waals surface area (Å²) in [4.78, 5) is 20.0. The van der Waals surface area contributed by atoms with Crippen molar-refractivity contribution in [3.8, 4) is 17.0 Å². The second-order valence-electron chi connectivity index (χ2n) is 7.59. The van der Waals surface area contributed by atoms with Gasteiger partial charge in [0.2, 0.25) is 5.88 Å². The lowest BCUT2D eigenvalue weighted by Crippen LogP contribution is -2.25. The third-order valence-electron chi connectivity index (χ3n) is 5.44. The van der Waals surface area contributed by atoms with E-state index in [4.69, 9.17) is 15.9 Å². The summed E-state index contributed by atoms with van der Waals surface area (Å²) in [5.74, 6) is 0.494. The van der Waals surface area contributed by atoms with E-state index in [9.17, 15) is 4.79 Å². The van der Waals surface area contributed by atoms with Gasteiger partial charge in [-0.25, -0.2) is 4.98 Å². The number of nitrogens with one attached hydrogen (secondary N) is 3. The Labute approximate surface area is 186 Å². The maximum absolute atomic E-state index is 12.5. The molecule has 0 aliphatic heterocycles. The van der Waals surface area contributed by atoms with Crippen molar-refractivity contribution in [2.75, 3.05) is 13.7 Å². The smallest absolute Gasteiger partial charge is 0.251 e. The molecule has 7 nitrogen and oxygen atoms in total. The van der Waals surface area contributed by atoms with Crippen molar-refractivity contribution in [1.29, 1.82) is 5.41 Å². The van der Waals surface area contributed by atoms with E-state index in [2.05, 4.69) is 15.3 Å². The number of H-pyrrole nitrogens is 1. The zero-order valence-corrected chi connectivity index (χ0v) is 18.0. The Bertz CT molecular complexity index is 1270. The molecular formula is C25H25N5O2. The molecule has 2 heterocycles. The number of hydrogen-bond donors (Lipinski definition) is 4. The monoisotopic (exact) mass is 427 g/mol. The number of nitrogen functional groups attached to an aromatic ring is 1. The van der Waals surface area contributed by atoms with Gasteiger partial charge in [0.25, 0.3) is 5.91 Å². The van der Waals surface area contributed by atoms with Crippen LogP contribution in [0.4, 0.5) is 0 Å². The van der Waals surface area contributed by atoms with Crippen LogP contribution in [0.15, 0.2) is 60.8 Å². The Balaban J connectivity index is 1.38. The third kappa shape index (κ3) is 4.32. The summed E-state index contributed by atoms with van der Waals surface area (Å²) in [6, 6.07) is 17.2. The summed E-state index contributed by atoms with van der Waals surface area (Å²) in [5, 5.41) is 11.7. The number of carbonyl (C=O) groups excluding carboxylic acids is 1. The molecule has 0 bridgehead atoms. The lowest BCUT2D eigenvalue weighted by molar-refractivity contribution is 0.0954. The highest BCUT2D eigenvalue weighted by atomic mass is 16.5. The molecule has 4 aromatic rings. The fourth-order valence-corrected chi connectivity index (χ4v) is 3.78. The highest BCUT2D eigenvalue weighted by Crippen LogP contribution is 2.23.